The summed E-state index contributed by atoms with van der Waals surface area (Å²) in [6.45, 7) is 0. The van der Waals surface area contributed by atoms with Gasteiger partial charge in [-0.05, 0) is 46.3 Å². The average Bonchev–Trinajstić information content (AvgIpc) is 2.39. The SMILES string of the molecule is Nc1ccc(C(=O)O)c(Nc2ccc(Br)c(Cl)c2Cl)c1. The monoisotopic (exact) mass is 374 g/mol. The fraction of sp³-hybridized carbons (Fsp3) is 0. The van der Waals surface area contributed by atoms with Gasteiger partial charge in [0.2, 0.25) is 0 Å². The molecule has 0 aliphatic carbocycles. The fourth-order valence-electron chi connectivity index (χ4n) is 1.62. The summed E-state index contributed by atoms with van der Waals surface area (Å²) >= 11 is 15.4. The topological polar surface area (TPSA) is 75.4 Å². The lowest BCUT2D eigenvalue weighted by atomic mass is 10.1. The molecule has 0 bridgehead atoms. The van der Waals surface area contributed by atoms with Crippen LogP contribution in [0.1, 0.15) is 10.4 Å². The highest BCUT2D eigenvalue weighted by atomic mass is 79.9. The summed E-state index contributed by atoms with van der Waals surface area (Å²) in [5.41, 5.74) is 7.05. The van der Waals surface area contributed by atoms with E-state index in [1.165, 1.54) is 18.2 Å². The van der Waals surface area contributed by atoms with Crippen molar-refractivity contribution in [1.82, 2.24) is 0 Å². The van der Waals surface area contributed by atoms with Crippen molar-refractivity contribution < 1.29 is 9.90 Å². The number of carboxylic acid groups (broad SMARTS) is 1. The van der Waals surface area contributed by atoms with Gasteiger partial charge < -0.3 is 16.2 Å². The molecule has 0 radical (unpaired) electrons. The molecule has 0 aliphatic heterocycles. The number of benzene rings is 2. The number of hydrogen-bond acceptors (Lipinski definition) is 3. The zero-order valence-electron chi connectivity index (χ0n) is 9.95. The minimum Gasteiger partial charge on any atom is -0.478 e. The van der Waals surface area contributed by atoms with E-state index >= 15 is 0 Å². The van der Waals surface area contributed by atoms with Crippen LogP contribution in [0.5, 0.6) is 0 Å². The Balaban J connectivity index is 2.47. The lowest BCUT2D eigenvalue weighted by Crippen LogP contribution is -2.04. The number of nitrogens with one attached hydrogen (secondary N) is 1. The van der Waals surface area contributed by atoms with Crippen LogP contribution in [-0.4, -0.2) is 11.1 Å². The molecule has 0 unspecified atom stereocenters. The Hall–Kier alpha value is -1.43. The van der Waals surface area contributed by atoms with E-state index in [2.05, 4.69) is 21.2 Å². The summed E-state index contributed by atoms with van der Waals surface area (Å²) in [4.78, 5) is 11.2. The first-order chi connectivity index (χ1) is 9.40. The Labute approximate surface area is 133 Å². The van der Waals surface area contributed by atoms with Crippen LogP contribution in [0.25, 0.3) is 0 Å². The number of rotatable bonds is 3. The van der Waals surface area contributed by atoms with Gasteiger partial charge in [0.25, 0.3) is 0 Å². The highest BCUT2D eigenvalue weighted by molar-refractivity contribution is 9.10. The van der Waals surface area contributed by atoms with E-state index in [0.29, 0.717) is 31.6 Å². The molecule has 4 N–H and O–H groups in total. The van der Waals surface area contributed by atoms with E-state index in [9.17, 15) is 4.79 Å². The molecule has 0 aliphatic rings. The fourth-order valence-corrected chi connectivity index (χ4v) is 2.44. The van der Waals surface area contributed by atoms with Gasteiger partial charge in [0.1, 0.15) is 0 Å². The Morgan fingerprint density at radius 2 is 1.85 bits per heavy atom. The normalized spacial score (nSPS) is 10.3. The maximum Gasteiger partial charge on any atom is 0.337 e. The predicted octanol–water partition coefficient (Wildman–Crippen LogP) is 4.78. The number of carbonyl (C=O) groups is 1. The first kappa shape index (κ1) is 15.0. The van der Waals surface area contributed by atoms with Crippen LogP contribution >= 0.6 is 39.1 Å². The zero-order chi connectivity index (χ0) is 14.9. The summed E-state index contributed by atoms with van der Waals surface area (Å²) in [5.74, 6) is -1.06. The highest BCUT2D eigenvalue weighted by Crippen LogP contribution is 2.37. The summed E-state index contributed by atoms with van der Waals surface area (Å²) in [6, 6.07) is 7.87. The quantitative estimate of drug-likeness (QED) is 0.533. The van der Waals surface area contributed by atoms with Crippen LogP contribution < -0.4 is 11.1 Å². The molecule has 2 aromatic carbocycles. The molecule has 0 amide bonds. The van der Waals surface area contributed by atoms with Crippen LogP contribution in [0.3, 0.4) is 0 Å². The third-order valence-corrected chi connectivity index (χ3v) is 4.35. The van der Waals surface area contributed by atoms with Gasteiger partial charge in [-0.1, -0.05) is 23.2 Å². The van der Waals surface area contributed by atoms with E-state index in [1.807, 2.05) is 0 Å². The maximum atomic E-state index is 11.2. The number of nitrogens with two attached hydrogens (primary N) is 1. The van der Waals surface area contributed by atoms with Crippen molar-refractivity contribution in [3.8, 4) is 0 Å². The Morgan fingerprint density at radius 1 is 1.15 bits per heavy atom. The first-order valence-corrected chi connectivity index (χ1v) is 6.98. The van der Waals surface area contributed by atoms with Gasteiger partial charge >= 0.3 is 5.97 Å². The molecule has 7 heteroatoms. The molecule has 4 nitrogen and oxygen atoms in total. The van der Waals surface area contributed by atoms with Gasteiger partial charge in [0, 0.05) is 10.2 Å². The average molecular weight is 376 g/mol. The molecule has 20 heavy (non-hydrogen) atoms. The molecule has 0 spiro atoms. The van der Waals surface area contributed by atoms with Gasteiger partial charge in [-0.3, -0.25) is 0 Å². The smallest absolute Gasteiger partial charge is 0.337 e. The Morgan fingerprint density at radius 3 is 2.50 bits per heavy atom. The summed E-state index contributed by atoms with van der Waals surface area (Å²) in [6.07, 6.45) is 0. The van der Waals surface area contributed by atoms with Gasteiger partial charge in [-0.25, -0.2) is 4.79 Å². The van der Waals surface area contributed by atoms with Crippen molar-refractivity contribution >= 4 is 62.2 Å². The summed E-state index contributed by atoms with van der Waals surface area (Å²) in [7, 11) is 0. The zero-order valence-corrected chi connectivity index (χ0v) is 13.1. The lowest BCUT2D eigenvalue weighted by Gasteiger charge is -2.13. The first-order valence-electron chi connectivity index (χ1n) is 5.43. The predicted molar refractivity (Wildman–Crippen MR) is 85.3 cm³/mol. The van der Waals surface area contributed by atoms with Crippen LogP contribution in [0.4, 0.5) is 17.1 Å². The number of nitrogen functional groups attached to an aromatic ring is 1. The summed E-state index contributed by atoms with van der Waals surface area (Å²) in [5, 5.41) is 12.7. The number of anilines is 3. The number of carboxylic acids is 1. The largest absolute Gasteiger partial charge is 0.478 e. The molecule has 2 rings (SSSR count). The van der Waals surface area contributed by atoms with Crippen molar-refractivity contribution in [2.75, 3.05) is 11.1 Å². The van der Waals surface area contributed by atoms with Crippen LogP contribution in [0.2, 0.25) is 10.0 Å². The third-order valence-electron chi connectivity index (χ3n) is 2.58. The standard InChI is InChI=1S/C13H9BrCl2N2O2/c14-8-3-4-9(12(16)11(8)15)18-10-5-6(17)1-2-7(10)13(19)20/h1-5,18H,17H2,(H,19,20). The van der Waals surface area contributed by atoms with Crippen molar-refractivity contribution in [3.05, 3.63) is 50.4 Å². The van der Waals surface area contributed by atoms with Crippen LogP contribution in [0, 0.1) is 0 Å². The van der Waals surface area contributed by atoms with Crippen LogP contribution in [0.15, 0.2) is 34.8 Å². The number of aromatic carboxylic acids is 1. The van der Waals surface area contributed by atoms with Crippen molar-refractivity contribution in [2.45, 2.75) is 0 Å². The molecule has 0 aromatic heterocycles. The molecule has 104 valence electrons. The number of hydrogen-bond donors (Lipinski definition) is 3. The Kier molecular flexibility index (Phi) is 4.42. The molecule has 0 heterocycles. The van der Waals surface area contributed by atoms with Gasteiger partial charge in [-0.2, -0.15) is 0 Å². The third kappa shape index (κ3) is 3.00. The second-order valence-electron chi connectivity index (χ2n) is 3.96. The van der Waals surface area contributed by atoms with E-state index < -0.39 is 5.97 Å². The van der Waals surface area contributed by atoms with Gasteiger partial charge in [-0.15, -0.1) is 0 Å². The molecular formula is C13H9BrCl2N2O2. The molecule has 0 atom stereocenters. The Bertz CT molecular complexity index is 692. The van der Waals surface area contributed by atoms with E-state index in [1.54, 1.807) is 12.1 Å². The maximum absolute atomic E-state index is 11.2. The lowest BCUT2D eigenvalue weighted by molar-refractivity contribution is 0.0698. The van der Waals surface area contributed by atoms with E-state index in [-0.39, 0.29) is 5.56 Å². The van der Waals surface area contributed by atoms with Gasteiger partial charge in [0.15, 0.2) is 0 Å². The molecule has 0 saturated heterocycles. The minimum atomic E-state index is -1.06. The molecule has 0 saturated carbocycles. The number of halogens is 3. The van der Waals surface area contributed by atoms with Crippen molar-refractivity contribution in [2.24, 2.45) is 0 Å². The van der Waals surface area contributed by atoms with Crippen molar-refractivity contribution in [1.29, 1.82) is 0 Å². The van der Waals surface area contributed by atoms with Crippen LogP contribution in [-0.2, 0) is 0 Å². The van der Waals surface area contributed by atoms with Crippen molar-refractivity contribution in [3.63, 3.8) is 0 Å². The minimum absolute atomic E-state index is 0.0920. The van der Waals surface area contributed by atoms with E-state index in [0.717, 1.165) is 0 Å². The molecular weight excluding hydrogens is 367 g/mol. The second kappa shape index (κ2) is 5.91. The second-order valence-corrected chi connectivity index (χ2v) is 5.57. The molecule has 0 fully saturated rings. The summed E-state index contributed by atoms with van der Waals surface area (Å²) < 4.78 is 0.653. The van der Waals surface area contributed by atoms with Gasteiger partial charge in [0.05, 0.1) is 27.0 Å². The highest BCUT2D eigenvalue weighted by Gasteiger charge is 2.13. The molecule has 2 aromatic rings. The van der Waals surface area contributed by atoms with E-state index in [4.69, 9.17) is 34.0 Å².